The number of nitrogens with zero attached hydrogens (tertiary/aromatic N) is 2. The molecule has 0 radical (unpaired) electrons. The molecular formula is C19H13F2N3O2. The van der Waals surface area contributed by atoms with Crippen molar-refractivity contribution in [3.8, 4) is 22.8 Å². The summed E-state index contributed by atoms with van der Waals surface area (Å²) in [6, 6.07) is 8.47. The lowest BCUT2D eigenvalue weighted by Crippen LogP contribution is -2.15. The Hall–Kier alpha value is -3.48. The standard InChI is InChI=1S/C19H13F2N3O2/c1-24-7-6-14-16(10-22-17(14)19(24)25)15-8-12(21)9-23-18(15)26-13-4-2-11(20)3-5-13/h2-10,22H,1H3. The number of hydrogen-bond acceptors (Lipinski definition) is 3. The number of fused-ring (bicyclic) bond motifs is 1. The van der Waals surface area contributed by atoms with E-state index in [1.54, 1.807) is 25.5 Å². The van der Waals surface area contributed by atoms with Gasteiger partial charge in [-0.3, -0.25) is 4.79 Å². The number of benzene rings is 1. The van der Waals surface area contributed by atoms with Gasteiger partial charge in [0.1, 0.15) is 22.9 Å². The highest BCUT2D eigenvalue weighted by Crippen LogP contribution is 2.35. The zero-order valence-electron chi connectivity index (χ0n) is 13.7. The maximum absolute atomic E-state index is 13.8. The summed E-state index contributed by atoms with van der Waals surface area (Å²) in [5, 5.41) is 0.629. The van der Waals surface area contributed by atoms with Gasteiger partial charge < -0.3 is 14.3 Å². The molecule has 1 N–H and O–H groups in total. The summed E-state index contributed by atoms with van der Waals surface area (Å²) in [7, 11) is 1.65. The summed E-state index contributed by atoms with van der Waals surface area (Å²) < 4.78 is 34.1. The van der Waals surface area contributed by atoms with Crippen LogP contribution in [0.1, 0.15) is 0 Å². The highest BCUT2D eigenvalue weighted by Gasteiger charge is 2.16. The molecule has 4 rings (SSSR count). The minimum Gasteiger partial charge on any atom is -0.438 e. The molecule has 5 nitrogen and oxygen atoms in total. The predicted octanol–water partition coefficient (Wildman–Crippen LogP) is 4.00. The second-order valence-corrected chi connectivity index (χ2v) is 5.79. The quantitative estimate of drug-likeness (QED) is 0.606. The first-order valence-corrected chi connectivity index (χ1v) is 7.79. The van der Waals surface area contributed by atoms with Crippen molar-refractivity contribution in [2.24, 2.45) is 7.05 Å². The number of pyridine rings is 2. The van der Waals surface area contributed by atoms with Crippen molar-refractivity contribution in [2.75, 3.05) is 0 Å². The summed E-state index contributed by atoms with van der Waals surface area (Å²) in [6.07, 6.45) is 4.28. The number of halogens is 2. The largest absolute Gasteiger partial charge is 0.438 e. The Bertz CT molecular complexity index is 1160. The average molecular weight is 353 g/mol. The summed E-state index contributed by atoms with van der Waals surface area (Å²) in [5.41, 5.74) is 1.18. The van der Waals surface area contributed by atoms with E-state index in [0.29, 0.717) is 27.8 Å². The van der Waals surface area contributed by atoms with E-state index in [4.69, 9.17) is 4.74 Å². The van der Waals surface area contributed by atoms with Crippen molar-refractivity contribution < 1.29 is 13.5 Å². The molecule has 0 saturated heterocycles. The van der Waals surface area contributed by atoms with Gasteiger partial charge in [0.25, 0.3) is 5.56 Å². The maximum atomic E-state index is 13.8. The molecule has 0 aliphatic rings. The Morgan fingerprint density at radius 3 is 2.62 bits per heavy atom. The van der Waals surface area contributed by atoms with E-state index >= 15 is 0 Å². The summed E-state index contributed by atoms with van der Waals surface area (Å²) in [4.78, 5) is 19.2. The van der Waals surface area contributed by atoms with E-state index in [1.807, 2.05) is 0 Å². The third-order valence-corrected chi connectivity index (χ3v) is 4.06. The van der Waals surface area contributed by atoms with Gasteiger partial charge in [0, 0.05) is 36.0 Å². The molecular weight excluding hydrogens is 340 g/mol. The van der Waals surface area contributed by atoms with Crippen LogP contribution in [0.2, 0.25) is 0 Å². The Morgan fingerprint density at radius 2 is 1.85 bits per heavy atom. The van der Waals surface area contributed by atoms with Crippen molar-refractivity contribution >= 4 is 10.9 Å². The minimum absolute atomic E-state index is 0.152. The van der Waals surface area contributed by atoms with E-state index in [9.17, 15) is 13.6 Å². The van der Waals surface area contributed by atoms with Crippen LogP contribution in [0.5, 0.6) is 11.6 Å². The second-order valence-electron chi connectivity index (χ2n) is 5.79. The van der Waals surface area contributed by atoms with Gasteiger partial charge in [-0.2, -0.15) is 0 Å². The molecule has 0 amide bonds. The molecule has 0 aliphatic carbocycles. The van der Waals surface area contributed by atoms with Crippen LogP contribution in [0, 0.1) is 11.6 Å². The van der Waals surface area contributed by atoms with Gasteiger partial charge in [0.15, 0.2) is 0 Å². The van der Waals surface area contributed by atoms with Crippen LogP contribution in [0.15, 0.2) is 59.8 Å². The number of aryl methyl sites for hydroxylation is 1. The predicted molar refractivity (Wildman–Crippen MR) is 93.2 cm³/mol. The first-order chi connectivity index (χ1) is 12.5. The Kier molecular flexibility index (Phi) is 3.76. The van der Waals surface area contributed by atoms with Crippen LogP contribution in [0.3, 0.4) is 0 Å². The highest BCUT2D eigenvalue weighted by molar-refractivity contribution is 5.96. The second kappa shape index (κ2) is 6.11. The zero-order chi connectivity index (χ0) is 18.3. The topological polar surface area (TPSA) is 59.9 Å². The van der Waals surface area contributed by atoms with Gasteiger partial charge in [-0.25, -0.2) is 13.8 Å². The lowest BCUT2D eigenvalue weighted by molar-refractivity contribution is 0.460. The van der Waals surface area contributed by atoms with Crippen LogP contribution >= 0.6 is 0 Å². The minimum atomic E-state index is -0.537. The van der Waals surface area contributed by atoms with Gasteiger partial charge in [0.2, 0.25) is 5.88 Å². The Labute approximate surface area is 146 Å². The fourth-order valence-corrected chi connectivity index (χ4v) is 2.75. The molecule has 130 valence electrons. The van der Waals surface area contributed by atoms with Gasteiger partial charge in [0.05, 0.1) is 6.20 Å². The van der Waals surface area contributed by atoms with Gasteiger partial charge >= 0.3 is 0 Å². The van der Waals surface area contributed by atoms with E-state index in [1.165, 1.54) is 34.9 Å². The van der Waals surface area contributed by atoms with E-state index in [-0.39, 0.29) is 11.4 Å². The van der Waals surface area contributed by atoms with Gasteiger partial charge in [-0.05, 0) is 36.4 Å². The number of H-pyrrole nitrogens is 1. The lowest BCUT2D eigenvalue weighted by Gasteiger charge is -2.10. The molecule has 3 heterocycles. The molecule has 0 unspecified atom stereocenters. The first kappa shape index (κ1) is 16.0. The number of aromatic nitrogens is 3. The van der Waals surface area contributed by atoms with Gasteiger partial charge in [-0.1, -0.05) is 0 Å². The summed E-state index contributed by atoms with van der Waals surface area (Å²) in [6.45, 7) is 0. The zero-order valence-corrected chi connectivity index (χ0v) is 13.7. The molecule has 0 spiro atoms. The maximum Gasteiger partial charge on any atom is 0.274 e. The molecule has 1 aromatic carbocycles. The highest BCUT2D eigenvalue weighted by atomic mass is 19.1. The number of ether oxygens (including phenoxy) is 1. The van der Waals surface area contributed by atoms with Crippen molar-refractivity contribution in [1.82, 2.24) is 14.5 Å². The SMILES string of the molecule is Cn1ccc2c(-c3cc(F)cnc3Oc3ccc(F)cc3)c[nH]c2c1=O. The Balaban J connectivity index is 1.86. The fraction of sp³-hybridized carbons (Fsp3) is 0.0526. The number of nitrogens with one attached hydrogen (secondary N) is 1. The molecule has 0 saturated carbocycles. The van der Waals surface area contributed by atoms with E-state index in [2.05, 4.69) is 9.97 Å². The number of hydrogen-bond donors (Lipinski definition) is 1. The van der Waals surface area contributed by atoms with Crippen LogP contribution in [-0.4, -0.2) is 14.5 Å². The van der Waals surface area contributed by atoms with Crippen LogP contribution in [-0.2, 0) is 7.05 Å². The molecule has 7 heteroatoms. The summed E-state index contributed by atoms with van der Waals surface area (Å²) >= 11 is 0. The smallest absolute Gasteiger partial charge is 0.274 e. The van der Waals surface area contributed by atoms with Gasteiger partial charge in [-0.15, -0.1) is 0 Å². The molecule has 0 fully saturated rings. The van der Waals surface area contributed by atoms with Crippen molar-refractivity contribution in [3.63, 3.8) is 0 Å². The van der Waals surface area contributed by atoms with Crippen LogP contribution in [0.25, 0.3) is 22.0 Å². The third kappa shape index (κ3) is 2.73. The van der Waals surface area contributed by atoms with Crippen molar-refractivity contribution in [3.05, 3.63) is 77.0 Å². The lowest BCUT2D eigenvalue weighted by atomic mass is 10.1. The van der Waals surface area contributed by atoms with E-state index in [0.717, 1.165) is 6.20 Å². The molecule has 3 aromatic heterocycles. The monoisotopic (exact) mass is 353 g/mol. The summed E-state index contributed by atoms with van der Waals surface area (Å²) in [5.74, 6) is -0.413. The first-order valence-electron chi connectivity index (χ1n) is 7.79. The number of aromatic amines is 1. The van der Waals surface area contributed by atoms with Crippen molar-refractivity contribution in [2.45, 2.75) is 0 Å². The Morgan fingerprint density at radius 1 is 1.08 bits per heavy atom. The van der Waals surface area contributed by atoms with Crippen molar-refractivity contribution in [1.29, 1.82) is 0 Å². The van der Waals surface area contributed by atoms with E-state index < -0.39 is 11.6 Å². The van der Waals surface area contributed by atoms with Crippen LogP contribution in [0.4, 0.5) is 8.78 Å². The molecule has 0 atom stereocenters. The average Bonchev–Trinajstić information content (AvgIpc) is 3.06. The third-order valence-electron chi connectivity index (χ3n) is 4.06. The molecule has 4 aromatic rings. The molecule has 0 bridgehead atoms. The number of rotatable bonds is 3. The molecule has 0 aliphatic heterocycles. The normalized spacial score (nSPS) is 11.0. The van der Waals surface area contributed by atoms with Crippen LogP contribution < -0.4 is 10.3 Å². The molecule has 26 heavy (non-hydrogen) atoms. The fourth-order valence-electron chi connectivity index (χ4n) is 2.75.